The molecule has 0 spiro atoms. The number of nitrogens with one attached hydrogen (secondary N) is 17. The van der Waals surface area contributed by atoms with E-state index in [-0.39, 0.29) is 115 Å². The van der Waals surface area contributed by atoms with E-state index in [0.717, 1.165) is 6.92 Å². The first-order chi connectivity index (χ1) is 63.7. The van der Waals surface area contributed by atoms with Crippen molar-refractivity contribution in [2.24, 2.45) is 87.1 Å². The number of aliphatic hydroxyl groups is 2. The van der Waals surface area contributed by atoms with Crippen molar-refractivity contribution in [3.63, 3.8) is 0 Å². The van der Waals surface area contributed by atoms with Gasteiger partial charge < -0.3 is 152 Å². The molecule has 0 heterocycles. The van der Waals surface area contributed by atoms with Crippen LogP contribution in [0.15, 0.2) is 0 Å². The molecule has 0 rings (SSSR count). The molecule has 46 nitrogen and oxygen atoms in total. The molecule has 0 aliphatic carbocycles. The van der Waals surface area contributed by atoms with E-state index in [2.05, 4.69) is 116 Å². The highest BCUT2D eigenvalue weighted by molar-refractivity contribution is 7.80. The molecule has 0 bridgehead atoms. The van der Waals surface area contributed by atoms with Crippen LogP contribution in [0.3, 0.4) is 0 Å². The van der Waals surface area contributed by atoms with Crippen LogP contribution in [0.5, 0.6) is 0 Å². The maximum atomic E-state index is 14.4. The summed E-state index contributed by atoms with van der Waals surface area (Å²) in [7, 11) is 0. The number of primary amides is 1. The Balaban J connectivity index is 6.74. The minimum absolute atomic E-state index is 0.0262. The van der Waals surface area contributed by atoms with Crippen molar-refractivity contribution < 1.29 is 96.5 Å². The van der Waals surface area contributed by atoms with E-state index in [1.807, 2.05) is 0 Å². The molecule has 0 aromatic rings. The van der Waals surface area contributed by atoms with Gasteiger partial charge in [-0.15, -0.1) is 0 Å². The molecule has 0 radical (unpaired) electrons. The van der Waals surface area contributed by atoms with E-state index in [9.17, 15) is 96.5 Å². The van der Waals surface area contributed by atoms with Gasteiger partial charge in [0.25, 0.3) is 0 Å². The van der Waals surface area contributed by atoms with Gasteiger partial charge in [-0.1, -0.05) is 83.1 Å². The van der Waals surface area contributed by atoms with Gasteiger partial charge in [-0.2, -0.15) is 25.3 Å². The van der Waals surface area contributed by atoms with Gasteiger partial charge in [-0.25, -0.2) is 0 Å². The van der Waals surface area contributed by atoms with Gasteiger partial charge in [0.15, 0.2) is 0 Å². The van der Waals surface area contributed by atoms with E-state index in [4.69, 9.17) is 51.6 Å². The van der Waals surface area contributed by atoms with Crippen LogP contribution in [-0.2, 0) is 86.3 Å². The Morgan fingerprint density at radius 1 is 0.244 bits per heavy atom. The van der Waals surface area contributed by atoms with Crippen molar-refractivity contribution in [3.05, 3.63) is 0 Å². The first kappa shape index (κ1) is 126. The van der Waals surface area contributed by atoms with Crippen molar-refractivity contribution in [1.29, 1.82) is 0 Å². The Labute approximate surface area is 805 Å². The zero-order valence-electron chi connectivity index (χ0n) is 81.3. The van der Waals surface area contributed by atoms with Crippen LogP contribution in [0.1, 0.15) is 225 Å². The summed E-state index contributed by atoms with van der Waals surface area (Å²) in [5, 5.41) is 65.4. The van der Waals surface area contributed by atoms with Gasteiger partial charge in [-0.3, -0.25) is 86.3 Å². The van der Waals surface area contributed by atoms with Crippen LogP contribution >= 0.6 is 25.3 Å². The number of rotatable bonds is 73. The quantitative estimate of drug-likeness (QED) is 0.0199. The standard InChI is InChI=1S/C87H166N26O20S2/c1-46(2)64(95)82(128)100-56(31-17-24-38-91)77(123)110-68(50(9)10)86(132)104-58(33-19-26-40-93)78(124)111-66(48(5)6)83(129)101-54(29-15-22-36-89)74(120)107-62(45-135)81(127)113-70(52(13)115)87(133)105-53(28-14-21-35-88)73(119)106-60(43-114)72(118)97-42-63(116)98-61(44-134)80(126)99-55(30-16-23-37-90)76(122)109-67(49(7)8)85(131)103-59(34-20-27-41-94)79(125)112-69(51(11)12)84(130)102-57(32-18-25-39-92)75(121)108-65(47(3)4)71(96)117/h46-62,64-70,114-115,134-135H,14-45,88-95H2,1-13H3,(H2,96,117)(H,97,118)(H,98,116)(H,99,126)(H,100,128)(H,101,129)(H,102,130)(H,103,131)(H,104,132)(H,105,133)(H,106,119)(H,107,120)(H,108,121)(H,109,122)(H,110,123)(H,111,124)(H,112,125)(H,113,127)/t52-,53+,54+,55+,56+,57+,58+,59+,60+,61+,62+,64+,65+,66+,67+,68+,69+,70+/m1/s1. The van der Waals surface area contributed by atoms with Crippen molar-refractivity contribution in [2.45, 2.75) is 334 Å². The Kier molecular flexibility index (Phi) is 64.8. The first-order valence-corrected chi connectivity index (χ1v) is 48.5. The molecule has 37 N–H and O–H groups in total. The maximum absolute atomic E-state index is 14.4. The molecule has 135 heavy (non-hydrogen) atoms. The van der Waals surface area contributed by atoms with Crippen LogP contribution in [-0.4, -0.2) is 296 Å². The molecule has 0 aliphatic rings. The maximum Gasteiger partial charge on any atom is 0.245 e. The third-order valence-corrected chi connectivity index (χ3v) is 23.0. The smallest absolute Gasteiger partial charge is 0.245 e. The molecular weight excluding hydrogens is 1790 g/mol. The molecule has 0 aromatic heterocycles. The van der Waals surface area contributed by atoms with E-state index < -0.39 is 258 Å². The van der Waals surface area contributed by atoms with Crippen molar-refractivity contribution in [3.8, 4) is 0 Å². The number of hydrogen-bond acceptors (Lipinski definition) is 30. The lowest BCUT2D eigenvalue weighted by Crippen LogP contribution is -2.62. The number of thiol groups is 2. The van der Waals surface area contributed by atoms with Crippen LogP contribution in [0.2, 0.25) is 0 Å². The molecule has 18 amide bonds. The van der Waals surface area contributed by atoms with Gasteiger partial charge in [0.2, 0.25) is 106 Å². The highest BCUT2D eigenvalue weighted by Gasteiger charge is 2.41. The van der Waals surface area contributed by atoms with Crippen molar-refractivity contribution in [2.75, 3.05) is 70.5 Å². The van der Waals surface area contributed by atoms with Crippen molar-refractivity contribution in [1.82, 2.24) is 90.4 Å². The first-order valence-electron chi connectivity index (χ1n) is 47.3. The second-order valence-electron chi connectivity index (χ2n) is 36.0. The zero-order chi connectivity index (χ0) is 103. The van der Waals surface area contributed by atoms with Crippen LogP contribution in [0.25, 0.3) is 0 Å². The zero-order valence-corrected chi connectivity index (χ0v) is 83.1. The fraction of sp³-hybridized carbons (Fsp3) is 0.793. The average Bonchev–Trinajstić information content (AvgIpc) is 0.830. The number of carbonyl (C=O) groups is 18. The Bertz CT molecular complexity index is 3690. The monoisotopic (exact) mass is 1960 g/mol. The SMILES string of the molecule is CC(C)[C@H](N)C(=O)N[C@@H](CCCCN)C(=O)N[C@H](C(=O)N[C@@H](CCCCN)C(=O)N[C@H](C(=O)N[C@@H](CCCCN)C(=O)N[C@@H](CS)C(=O)N[C@H](C(=O)N[C@@H](CCCCN)C(=O)N[C@@H](CO)C(=O)NCC(=O)N[C@@H](CS)C(=O)N[C@@H](CCCCN)C(=O)N[C@H](C(=O)N[C@@H](CCCCN)C(=O)N[C@H](C(=O)N[C@@H](CCCCN)C(=O)N[C@H](C(N)=O)C(C)C)C(C)C)C(C)C)[C@@H](C)O)C(C)C)C(C)C. The van der Waals surface area contributed by atoms with Gasteiger partial charge in [0, 0.05) is 11.5 Å². The number of unbranched alkanes of at least 4 members (excludes halogenated alkanes) is 7. The molecule has 0 fully saturated rings. The summed E-state index contributed by atoms with van der Waals surface area (Å²) in [6, 6.07) is -23.1. The summed E-state index contributed by atoms with van der Waals surface area (Å²) in [5.74, 6) is -19.5. The van der Waals surface area contributed by atoms with E-state index in [1.54, 1.807) is 83.1 Å². The summed E-state index contributed by atoms with van der Waals surface area (Å²) in [4.78, 5) is 251. The summed E-state index contributed by atoms with van der Waals surface area (Å²) in [5.41, 5.74) is 52.1. The van der Waals surface area contributed by atoms with Crippen LogP contribution < -0.4 is 142 Å². The highest BCUT2D eigenvalue weighted by Crippen LogP contribution is 2.17. The van der Waals surface area contributed by atoms with Gasteiger partial charge >= 0.3 is 0 Å². The highest BCUT2D eigenvalue weighted by atomic mass is 32.1. The second kappa shape index (κ2) is 69.5. The summed E-state index contributed by atoms with van der Waals surface area (Å²) >= 11 is 8.55. The number of carbonyl (C=O) groups excluding carboxylic acids is 18. The predicted molar refractivity (Wildman–Crippen MR) is 517 cm³/mol. The largest absolute Gasteiger partial charge is 0.394 e. The molecule has 0 aromatic carbocycles. The Hall–Kier alpha value is -9.24. The summed E-state index contributed by atoms with van der Waals surface area (Å²) < 4.78 is 0. The molecule has 776 valence electrons. The van der Waals surface area contributed by atoms with Gasteiger partial charge in [-0.05, 0) is 223 Å². The summed E-state index contributed by atoms with van der Waals surface area (Å²) in [6.45, 7) is 20.7. The third-order valence-electron chi connectivity index (χ3n) is 22.3. The van der Waals surface area contributed by atoms with E-state index in [0.29, 0.717) is 83.7 Å². The molecule has 48 heteroatoms. The fourth-order valence-corrected chi connectivity index (χ4v) is 14.3. The predicted octanol–water partition coefficient (Wildman–Crippen LogP) is -7.26. The lowest BCUT2D eigenvalue weighted by atomic mass is 9.99. The number of nitrogens with two attached hydrogens (primary N) is 9. The molecule has 0 saturated heterocycles. The van der Waals surface area contributed by atoms with Crippen LogP contribution in [0, 0.1) is 35.5 Å². The topological polar surface area (TPSA) is 786 Å². The minimum Gasteiger partial charge on any atom is -0.394 e. The van der Waals surface area contributed by atoms with Crippen molar-refractivity contribution >= 4 is 132 Å². The number of amides is 18. The molecule has 0 saturated carbocycles. The number of hydrogen-bond donors (Lipinski definition) is 30. The summed E-state index contributed by atoms with van der Waals surface area (Å²) in [6.07, 6.45) is 3.64. The van der Waals surface area contributed by atoms with Gasteiger partial charge in [0.05, 0.1) is 25.3 Å². The Morgan fingerprint density at radius 2 is 0.444 bits per heavy atom. The fourth-order valence-electron chi connectivity index (χ4n) is 13.8. The van der Waals surface area contributed by atoms with Gasteiger partial charge in [0.1, 0.15) is 96.7 Å². The van der Waals surface area contributed by atoms with E-state index >= 15 is 0 Å². The second-order valence-corrected chi connectivity index (χ2v) is 36.7. The van der Waals surface area contributed by atoms with E-state index in [1.165, 1.54) is 0 Å². The molecule has 0 aliphatic heterocycles. The normalized spacial score (nSPS) is 15.5. The average molecular weight is 1960 g/mol. The lowest BCUT2D eigenvalue weighted by molar-refractivity contribution is -0.137. The van der Waals surface area contributed by atoms with Crippen LogP contribution in [0.4, 0.5) is 0 Å². The number of aliphatic hydroxyl groups excluding tert-OH is 2. The molecule has 0 unspecified atom stereocenters. The Morgan fingerprint density at radius 3 is 0.674 bits per heavy atom. The third kappa shape index (κ3) is 48.6. The molecular formula is C87H166N26O20S2. The minimum atomic E-state index is -1.87. The lowest BCUT2D eigenvalue weighted by Gasteiger charge is -2.30. The molecule has 18 atom stereocenters.